The van der Waals surface area contributed by atoms with Crippen molar-refractivity contribution in [2.75, 3.05) is 0 Å². The quantitative estimate of drug-likeness (QED) is 0.387. The van der Waals surface area contributed by atoms with Crippen LogP contribution in [0.3, 0.4) is 0 Å². The SMILES string of the molecule is CC.Cc1ccc(P(c2cc[c-]cc2)c2ccc(C)cc2)cc1.[Na+]. The van der Waals surface area contributed by atoms with Crippen molar-refractivity contribution in [1.82, 2.24) is 0 Å². The molecule has 0 fully saturated rings. The van der Waals surface area contributed by atoms with Gasteiger partial charge in [-0.2, -0.15) is 30.3 Å². The number of benzene rings is 3. The van der Waals surface area contributed by atoms with E-state index in [2.05, 4.69) is 80.6 Å². The fourth-order valence-corrected chi connectivity index (χ4v) is 4.60. The molecule has 0 saturated heterocycles. The maximum atomic E-state index is 3.12. The Bertz CT molecular complexity index is 658. The Labute approximate surface area is 170 Å². The summed E-state index contributed by atoms with van der Waals surface area (Å²) in [6.07, 6.45) is 0. The van der Waals surface area contributed by atoms with Gasteiger partial charge in [0.05, 0.1) is 0 Å². The summed E-state index contributed by atoms with van der Waals surface area (Å²) in [6, 6.07) is 29.4. The first kappa shape index (κ1) is 21.1. The Hall–Kier alpha value is -0.910. The molecular formula is C22H24NaP. The molecule has 0 spiro atoms. The average Bonchev–Trinajstić information content (AvgIpc) is 2.61. The Morgan fingerprint density at radius 2 is 0.917 bits per heavy atom. The Balaban J connectivity index is 0.000000925. The fraction of sp³-hybridized carbons (Fsp3) is 0.182. The molecule has 0 saturated carbocycles. The molecule has 3 aromatic rings. The molecule has 3 aromatic carbocycles. The standard InChI is InChI=1S/C20H18P.C2H6.Na/c1-16-8-12-19(13-9-16)21(18-6-4-3-5-7-18)20-14-10-17(2)11-15-20;1-2;/h4-15H,1-2H3;1-2H3;/q-1;;+1. The molecule has 0 amide bonds. The van der Waals surface area contributed by atoms with Crippen LogP contribution in [0.2, 0.25) is 0 Å². The van der Waals surface area contributed by atoms with Gasteiger partial charge in [0.25, 0.3) is 0 Å². The second-order valence-corrected chi connectivity index (χ2v) is 7.48. The minimum absolute atomic E-state index is 0. The normalized spacial score (nSPS) is 9.71. The molecular weight excluding hydrogens is 318 g/mol. The van der Waals surface area contributed by atoms with E-state index < -0.39 is 7.92 Å². The number of hydrogen-bond acceptors (Lipinski definition) is 0. The second-order valence-electron chi connectivity index (χ2n) is 5.26. The number of aryl methyl sites for hydroxylation is 2. The first-order chi connectivity index (χ1) is 11.2. The molecule has 0 heterocycles. The summed E-state index contributed by atoms with van der Waals surface area (Å²) in [4.78, 5) is 0. The van der Waals surface area contributed by atoms with Gasteiger partial charge >= 0.3 is 29.6 Å². The molecule has 118 valence electrons. The first-order valence-electron chi connectivity index (χ1n) is 8.13. The smallest absolute Gasteiger partial charge is 0.184 e. The first-order valence-corrected chi connectivity index (χ1v) is 9.48. The van der Waals surface area contributed by atoms with Crippen molar-refractivity contribution in [1.29, 1.82) is 0 Å². The maximum absolute atomic E-state index is 3.12. The monoisotopic (exact) mass is 342 g/mol. The summed E-state index contributed by atoms with van der Waals surface area (Å²) in [6.45, 7) is 8.27. The van der Waals surface area contributed by atoms with E-state index in [-0.39, 0.29) is 29.6 Å². The van der Waals surface area contributed by atoms with Crippen molar-refractivity contribution in [2.45, 2.75) is 27.7 Å². The fourth-order valence-electron chi connectivity index (χ4n) is 2.36. The topological polar surface area (TPSA) is 0 Å². The molecule has 24 heavy (non-hydrogen) atoms. The summed E-state index contributed by atoms with van der Waals surface area (Å²) in [5.41, 5.74) is 2.61. The van der Waals surface area contributed by atoms with Gasteiger partial charge in [-0.1, -0.05) is 73.5 Å². The summed E-state index contributed by atoms with van der Waals surface area (Å²) in [5.74, 6) is 0. The Morgan fingerprint density at radius 3 is 1.29 bits per heavy atom. The van der Waals surface area contributed by atoms with Gasteiger partial charge in [0, 0.05) is 0 Å². The molecule has 0 aliphatic heterocycles. The van der Waals surface area contributed by atoms with Crippen LogP contribution in [0.15, 0.2) is 72.8 Å². The van der Waals surface area contributed by atoms with Crippen LogP contribution in [0.1, 0.15) is 25.0 Å². The van der Waals surface area contributed by atoms with Gasteiger partial charge in [-0.05, 0) is 32.4 Å². The molecule has 0 aliphatic rings. The zero-order valence-corrected chi connectivity index (χ0v) is 18.3. The molecule has 2 heteroatoms. The largest absolute Gasteiger partial charge is 1.00 e. The van der Waals surface area contributed by atoms with E-state index in [4.69, 9.17) is 0 Å². The Morgan fingerprint density at radius 1 is 0.583 bits per heavy atom. The van der Waals surface area contributed by atoms with E-state index in [0.717, 1.165) is 0 Å². The van der Waals surface area contributed by atoms with Gasteiger partial charge in [0.1, 0.15) is 0 Å². The van der Waals surface area contributed by atoms with E-state index >= 15 is 0 Å². The third kappa shape index (κ3) is 5.57. The molecule has 0 bridgehead atoms. The molecule has 0 aliphatic carbocycles. The molecule has 0 radical (unpaired) electrons. The van der Waals surface area contributed by atoms with Crippen LogP contribution >= 0.6 is 7.92 Å². The second kappa shape index (κ2) is 10.9. The average molecular weight is 342 g/mol. The molecule has 0 unspecified atom stereocenters. The maximum Gasteiger partial charge on any atom is 1.00 e. The van der Waals surface area contributed by atoms with Crippen LogP contribution in [-0.4, -0.2) is 0 Å². The zero-order valence-electron chi connectivity index (χ0n) is 15.4. The third-order valence-corrected chi connectivity index (χ3v) is 5.99. The van der Waals surface area contributed by atoms with Gasteiger partial charge < -0.3 is 0 Å². The van der Waals surface area contributed by atoms with Crippen molar-refractivity contribution in [2.24, 2.45) is 0 Å². The van der Waals surface area contributed by atoms with Crippen LogP contribution in [0.5, 0.6) is 0 Å². The van der Waals surface area contributed by atoms with E-state index in [9.17, 15) is 0 Å². The molecule has 0 nitrogen and oxygen atoms in total. The van der Waals surface area contributed by atoms with Crippen molar-refractivity contribution >= 4 is 23.8 Å². The van der Waals surface area contributed by atoms with Gasteiger partial charge in [-0.15, -0.1) is 5.30 Å². The zero-order chi connectivity index (χ0) is 16.7. The Kier molecular flexibility index (Phi) is 9.56. The van der Waals surface area contributed by atoms with Gasteiger partial charge in [0.2, 0.25) is 0 Å². The third-order valence-electron chi connectivity index (χ3n) is 3.54. The van der Waals surface area contributed by atoms with Gasteiger partial charge in [0.15, 0.2) is 0 Å². The van der Waals surface area contributed by atoms with Crippen molar-refractivity contribution in [3.63, 3.8) is 0 Å². The number of rotatable bonds is 3. The van der Waals surface area contributed by atoms with Crippen LogP contribution < -0.4 is 45.5 Å². The molecule has 0 atom stereocenters. The van der Waals surface area contributed by atoms with E-state index in [1.165, 1.54) is 27.0 Å². The predicted molar refractivity (Wildman–Crippen MR) is 105 cm³/mol. The van der Waals surface area contributed by atoms with Crippen molar-refractivity contribution in [3.05, 3.63) is 90.0 Å². The van der Waals surface area contributed by atoms with Gasteiger partial charge in [-0.25, -0.2) is 0 Å². The minimum Gasteiger partial charge on any atom is -0.184 e. The van der Waals surface area contributed by atoms with Crippen LogP contribution in [0.4, 0.5) is 0 Å². The molecule has 0 aromatic heterocycles. The summed E-state index contributed by atoms with van der Waals surface area (Å²) in [5, 5.41) is 4.16. The number of hydrogen-bond donors (Lipinski definition) is 0. The minimum atomic E-state index is -0.491. The van der Waals surface area contributed by atoms with Crippen molar-refractivity contribution in [3.8, 4) is 0 Å². The van der Waals surface area contributed by atoms with E-state index in [0.29, 0.717) is 0 Å². The van der Waals surface area contributed by atoms with Crippen molar-refractivity contribution < 1.29 is 29.6 Å². The summed E-state index contributed by atoms with van der Waals surface area (Å²) >= 11 is 0. The summed E-state index contributed by atoms with van der Waals surface area (Å²) < 4.78 is 0. The van der Waals surface area contributed by atoms with Gasteiger partial charge in [-0.3, -0.25) is 0 Å². The van der Waals surface area contributed by atoms with E-state index in [1.807, 2.05) is 26.0 Å². The summed E-state index contributed by atoms with van der Waals surface area (Å²) in [7, 11) is -0.491. The predicted octanol–water partition coefficient (Wildman–Crippen LogP) is 1.89. The van der Waals surface area contributed by atoms with E-state index in [1.54, 1.807) is 0 Å². The van der Waals surface area contributed by atoms with Crippen LogP contribution in [0, 0.1) is 19.9 Å². The van der Waals surface area contributed by atoms with Crippen LogP contribution in [-0.2, 0) is 0 Å². The van der Waals surface area contributed by atoms with Crippen LogP contribution in [0.25, 0.3) is 0 Å². The molecule has 0 N–H and O–H groups in total. The molecule has 3 rings (SSSR count).